The van der Waals surface area contributed by atoms with Gasteiger partial charge in [-0.25, -0.2) is 0 Å². The molecule has 0 saturated heterocycles. The highest BCUT2D eigenvalue weighted by molar-refractivity contribution is 8.00. The van der Waals surface area contributed by atoms with Gasteiger partial charge in [-0.1, -0.05) is 6.08 Å². The molecule has 2 atom stereocenters. The Morgan fingerprint density at radius 3 is 2.62 bits per heavy atom. The molecule has 0 fully saturated rings. The molecule has 3 nitrogen and oxygen atoms in total. The molecule has 3 aliphatic rings. The van der Waals surface area contributed by atoms with Crippen molar-refractivity contribution in [1.29, 1.82) is 0 Å². The Kier molecular flexibility index (Phi) is 3.57. The summed E-state index contributed by atoms with van der Waals surface area (Å²) in [4.78, 5) is 13.7. The van der Waals surface area contributed by atoms with Crippen LogP contribution in [0.25, 0.3) is 5.57 Å². The van der Waals surface area contributed by atoms with Crippen LogP contribution in [0.5, 0.6) is 11.5 Å². The summed E-state index contributed by atoms with van der Waals surface area (Å²) in [5.41, 5.74) is 5.00. The number of methoxy groups -OCH3 is 2. The van der Waals surface area contributed by atoms with E-state index < -0.39 is 0 Å². The fourth-order valence-corrected chi connectivity index (χ4v) is 5.59. The van der Waals surface area contributed by atoms with Gasteiger partial charge < -0.3 is 9.47 Å². The third-order valence-corrected chi connectivity index (χ3v) is 6.89. The van der Waals surface area contributed by atoms with Gasteiger partial charge in [0.05, 0.1) is 19.6 Å². The molecule has 1 aromatic rings. The van der Waals surface area contributed by atoms with Crippen LogP contribution in [0.15, 0.2) is 34.3 Å². The van der Waals surface area contributed by atoms with E-state index in [1.165, 1.54) is 27.2 Å². The van der Waals surface area contributed by atoms with Gasteiger partial charge in [0.1, 0.15) is 5.78 Å². The third-order valence-electron chi connectivity index (χ3n) is 5.71. The van der Waals surface area contributed by atoms with Crippen LogP contribution >= 0.6 is 11.8 Å². The quantitative estimate of drug-likeness (QED) is 0.784. The normalized spacial score (nSPS) is 28.1. The van der Waals surface area contributed by atoms with E-state index in [0.29, 0.717) is 17.5 Å². The molecule has 0 unspecified atom stereocenters. The Bertz CT molecular complexity index is 805. The van der Waals surface area contributed by atoms with Crippen LogP contribution in [-0.4, -0.2) is 25.3 Å². The molecule has 0 N–H and O–H groups in total. The monoisotopic (exact) mass is 342 g/mol. The minimum absolute atomic E-state index is 0.276. The van der Waals surface area contributed by atoms with Crippen LogP contribution in [0.3, 0.4) is 0 Å². The largest absolute Gasteiger partial charge is 0.493 e. The zero-order valence-electron chi connectivity index (χ0n) is 14.6. The van der Waals surface area contributed by atoms with Gasteiger partial charge in [-0.2, -0.15) is 0 Å². The predicted octanol–water partition coefficient (Wildman–Crippen LogP) is 4.65. The number of Topliss-reactive ketones (excluding diaryl/α,β-unsaturated/α-hetero) is 1. The summed E-state index contributed by atoms with van der Waals surface area (Å²) in [5, 5.41) is 0.349. The number of thioether (sulfide) groups is 1. The van der Waals surface area contributed by atoms with E-state index >= 15 is 0 Å². The summed E-state index contributed by atoms with van der Waals surface area (Å²) in [6, 6.07) is 4.18. The Labute approximate surface area is 147 Å². The number of carbonyl (C=O) groups is 1. The minimum atomic E-state index is -0.276. The zero-order valence-corrected chi connectivity index (χ0v) is 15.4. The standard InChI is InChI=1S/C20H22O3S/c1-11-19-12(7-8-20(2)14(19)5-6-18(20)21)13-9-15(22-3)16(23-4)10-17(13)24-11/h5,9-11H,6-8H2,1-4H3/t11-,20+/m1/s1. The lowest BCUT2D eigenvalue weighted by Crippen LogP contribution is -2.32. The van der Waals surface area contributed by atoms with E-state index in [1.54, 1.807) is 14.2 Å². The minimum Gasteiger partial charge on any atom is -0.493 e. The summed E-state index contributed by atoms with van der Waals surface area (Å²) >= 11 is 1.85. The highest BCUT2D eigenvalue weighted by Crippen LogP contribution is 2.57. The average Bonchev–Trinajstić information content (AvgIpc) is 2.88. The Morgan fingerprint density at radius 2 is 1.92 bits per heavy atom. The van der Waals surface area contributed by atoms with Gasteiger partial charge in [0.15, 0.2) is 11.5 Å². The predicted molar refractivity (Wildman–Crippen MR) is 96.8 cm³/mol. The number of fused-ring (bicyclic) bond motifs is 4. The molecule has 4 rings (SSSR count). The molecule has 4 heteroatoms. The van der Waals surface area contributed by atoms with E-state index in [2.05, 4.69) is 32.1 Å². The summed E-state index contributed by atoms with van der Waals surface area (Å²) in [5.74, 6) is 1.92. The number of allylic oxidation sites excluding steroid dienone is 3. The number of benzene rings is 1. The van der Waals surface area contributed by atoms with Crippen molar-refractivity contribution in [1.82, 2.24) is 0 Å². The lowest BCUT2D eigenvalue weighted by atomic mass is 9.67. The van der Waals surface area contributed by atoms with Crippen LogP contribution < -0.4 is 9.47 Å². The van der Waals surface area contributed by atoms with Crippen LogP contribution in [0.1, 0.15) is 38.7 Å². The van der Waals surface area contributed by atoms with Crippen molar-refractivity contribution in [3.8, 4) is 11.5 Å². The summed E-state index contributed by atoms with van der Waals surface area (Å²) in [6.07, 6.45) is 4.60. The lowest BCUT2D eigenvalue weighted by Gasteiger charge is -2.40. The van der Waals surface area contributed by atoms with Gasteiger partial charge in [-0.3, -0.25) is 4.79 Å². The van der Waals surface area contributed by atoms with E-state index in [-0.39, 0.29) is 5.41 Å². The summed E-state index contributed by atoms with van der Waals surface area (Å²) in [7, 11) is 3.35. The molecule has 1 heterocycles. The SMILES string of the molecule is COc1cc2c(cc1OC)C1=C(C3=CCC(=O)[C@@]3(C)CC1)[C@@H](C)S2. The topological polar surface area (TPSA) is 35.5 Å². The Hall–Kier alpha value is -1.68. The molecule has 2 aliphatic carbocycles. The first kappa shape index (κ1) is 15.8. The van der Waals surface area contributed by atoms with Crippen molar-refractivity contribution < 1.29 is 14.3 Å². The maximum Gasteiger partial charge on any atom is 0.161 e. The Balaban J connectivity index is 1.91. The highest BCUT2D eigenvalue weighted by atomic mass is 32.2. The van der Waals surface area contributed by atoms with Gasteiger partial charge in [0.25, 0.3) is 0 Å². The second-order valence-corrected chi connectivity index (χ2v) is 8.32. The fraction of sp³-hybridized carbons (Fsp3) is 0.450. The first-order valence-electron chi connectivity index (χ1n) is 8.40. The molecule has 0 amide bonds. The number of hydrogen-bond acceptors (Lipinski definition) is 4. The van der Waals surface area contributed by atoms with Crippen LogP contribution in [-0.2, 0) is 4.79 Å². The van der Waals surface area contributed by atoms with Gasteiger partial charge >= 0.3 is 0 Å². The number of hydrogen-bond donors (Lipinski definition) is 0. The van der Waals surface area contributed by atoms with Gasteiger partial charge in [-0.15, -0.1) is 11.8 Å². The lowest BCUT2D eigenvalue weighted by molar-refractivity contribution is -0.124. The van der Waals surface area contributed by atoms with Crippen molar-refractivity contribution >= 4 is 23.1 Å². The van der Waals surface area contributed by atoms with Crippen LogP contribution in [0.2, 0.25) is 0 Å². The first-order chi connectivity index (χ1) is 11.5. The molecular weight excluding hydrogens is 320 g/mol. The van der Waals surface area contributed by atoms with E-state index in [0.717, 1.165) is 24.3 Å². The molecule has 1 aliphatic heterocycles. The smallest absolute Gasteiger partial charge is 0.161 e. The molecule has 0 saturated carbocycles. The van der Waals surface area contributed by atoms with Crippen LogP contribution in [0.4, 0.5) is 0 Å². The molecule has 24 heavy (non-hydrogen) atoms. The van der Waals surface area contributed by atoms with Crippen molar-refractivity contribution in [3.05, 3.63) is 34.9 Å². The molecule has 0 aromatic heterocycles. The second kappa shape index (κ2) is 5.41. The number of ketones is 1. The highest BCUT2D eigenvalue weighted by Gasteiger charge is 2.47. The second-order valence-electron chi connectivity index (χ2n) is 6.93. The first-order valence-corrected chi connectivity index (χ1v) is 9.28. The number of carbonyl (C=O) groups excluding carboxylic acids is 1. The molecular formula is C20H22O3S. The maximum absolute atomic E-state index is 12.4. The molecule has 0 radical (unpaired) electrons. The fourth-order valence-electron chi connectivity index (χ4n) is 4.34. The van der Waals surface area contributed by atoms with Crippen molar-refractivity contribution in [2.75, 3.05) is 14.2 Å². The van der Waals surface area contributed by atoms with E-state index in [4.69, 9.17) is 9.47 Å². The van der Waals surface area contributed by atoms with Gasteiger partial charge in [-0.05, 0) is 61.1 Å². The molecule has 0 spiro atoms. The zero-order chi connectivity index (χ0) is 17.1. The van der Waals surface area contributed by atoms with Crippen molar-refractivity contribution in [2.24, 2.45) is 5.41 Å². The van der Waals surface area contributed by atoms with E-state index in [9.17, 15) is 4.79 Å². The average molecular weight is 342 g/mol. The number of ether oxygens (including phenoxy) is 2. The van der Waals surface area contributed by atoms with Crippen molar-refractivity contribution in [3.63, 3.8) is 0 Å². The molecule has 0 bridgehead atoms. The number of rotatable bonds is 2. The maximum atomic E-state index is 12.4. The Morgan fingerprint density at radius 1 is 1.21 bits per heavy atom. The summed E-state index contributed by atoms with van der Waals surface area (Å²) in [6.45, 7) is 4.37. The van der Waals surface area contributed by atoms with E-state index in [1.807, 2.05) is 11.8 Å². The molecule has 1 aromatic carbocycles. The van der Waals surface area contributed by atoms with Gasteiger partial charge in [0, 0.05) is 16.6 Å². The van der Waals surface area contributed by atoms with Gasteiger partial charge in [0.2, 0.25) is 0 Å². The van der Waals surface area contributed by atoms with Crippen molar-refractivity contribution in [2.45, 2.75) is 43.3 Å². The summed E-state index contributed by atoms with van der Waals surface area (Å²) < 4.78 is 11.0. The van der Waals surface area contributed by atoms with Crippen LogP contribution in [0, 0.1) is 5.41 Å². The molecule has 126 valence electrons. The third kappa shape index (κ3) is 2.02.